The van der Waals surface area contributed by atoms with E-state index in [1.807, 2.05) is 0 Å². The fraction of sp³-hybridized carbons (Fsp3) is 0.467. The molecule has 9 heteroatoms. The maximum absolute atomic E-state index is 13.2. The molecule has 3 amide bonds. The van der Waals surface area contributed by atoms with Gasteiger partial charge in [-0.1, -0.05) is 12.1 Å². The topological polar surface area (TPSA) is 61.4 Å². The van der Waals surface area contributed by atoms with Gasteiger partial charge < -0.3 is 15.5 Å². The molecule has 0 saturated heterocycles. The van der Waals surface area contributed by atoms with E-state index in [1.54, 1.807) is 19.9 Å². The molecule has 1 rings (SSSR count). The number of alkyl halides is 3. The van der Waals surface area contributed by atoms with Gasteiger partial charge >= 0.3 is 12.2 Å². The van der Waals surface area contributed by atoms with E-state index in [0.29, 0.717) is 10.5 Å². The van der Waals surface area contributed by atoms with Gasteiger partial charge in [-0.25, -0.2) is 9.18 Å². The van der Waals surface area contributed by atoms with Crippen molar-refractivity contribution in [3.8, 4) is 0 Å². The van der Waals surface area contributed by atoms with Crippen LogP contribution in [-0.2, 0) is 10.3 Å². The Morgan fingerprint density at radius 1 is 1.21 bits per heavy atom. The molecule has 24 heavy (non-hydrogen) atoms. The molecule has 1 aromatic carbocycles. The van der Waals surface area contributed by atoms with E-state index in [1.165, 1.54) is 18.2 Å². The Hall–Kier alpha value is -2.32. The monoisotopic (exact) mass is 349 g/mol. The number of nitrogens with one attached hydrogen (secondary N) is 2. The summed E-state index contributed by atoms with van der Waals surface area (Å²) in [4.78, 5) is 23.8. The molecule has 0 aliphatic heterocycles. The van der Waals surface area contributed by atoms with Crippen molar-refractivity contribution in [1.29, 1.82) is 0 Å². The van der Waals surface area contributed by atoms with Crippen LogP contribution in [0.5, 0.6) is 0 Å². The van der Waals surface area contributed by atoms with Crippen LogP contribution in [0, 0.1) is 5.82 Å². The Bertz CT molecular complexity index is 603. The smallest absolute Gasteiger partial charge is 0.335 e. The zero-order chi connectivity index (χ0) is 18.5. The van der Waals surface area contributed by atoms with Crippen LogP contribution in [0.2, 0.25) is 0 Å². The average Bonchev–Trinajstić information content (AvgIpc) is 2.42. The molecule has 0 aliphatic rings. The molecule has 2 N–H and O–H groups in total. The molecule has 0 fully saturated rings. The lowest BCUT2D eigenvalue weighted by Gasteiger charge is -2.27. The van der Waals surface area contributed by atoms with Crippen LogP contribution in [0.15, 0.2) is 24.3 Å². The number of carbonyl (C=O) groups excluding carboxylic acids is 2. The number of hydrogen-bond acceptors (Lipinski definition) is 2. The molecule has 0 spiro atoms. The first-order valence-corrected chi connectivity index (χ1v) is 7.03. The highest BCUT2D eigenvalue weighted by Gasteiger charge is 2.31. The van der Waals surface area contributed by atoms with E-state index in [0.717, 1.165) is 7.05 Å². The summed E-state index contributed by atoms with van der Waals surface area (Å²) in [5, 5.41) is 4.72. The summed E-state index contributed by atoms with van der Waals surface area (Å²) in [6.07, 6.45) is -4.51. The van der Waals surface area contributed by atoms with Crippen molar-refractivity contribution in [2.45, 2.75) is 25.6 Å². The van der Waals surface area contributed by atoms with Crippen molar-refractivity contribution in [2.24, 2.45) is 0 Å². The maximum atomic E-state index is 13.2. The summed E-state index contributed by atoms with van der Waals surface area (Å²) in [6, 6.07) is 4.86. The highest BCUT2D eigenvalue weighted by atomic mass is 19.4. The Balaban J connectivity index is 2.55. The molecule has 1 aromatic rings. The van der Waals surface area contributed by atoms with Crippen molar-refractivity contribution >= 4 is 11.9 Å². The number of rotatable bonds is 5. The van der Waals surface area contributed by atoms with E-state index in [-0.39, 0.29) is 0 Å². The minimum Gasteiger partial charge on any atom is -0.335 e. The summed E-state index contributed by atoms with van der Waals surface area (Å²) in [7, 11) is 0.992. The molecule has 0 heterocycles. The normalized spacial score (nSPS) is 11.8. The van der Waals surface area contributed by atoms with Crippen molar-refractivity contribution in [2.75, 3.05) is 20.1 Å². The third-order valence-corrected chi connectivity index (χ3v) is 3.21. The van der Waals surface area contributed by atoms with E-state index in [4.69, 9.17) is 0 Å². The van der Waals surface area contributed by atoms with E-state index in [2.05, 4.69) is 10.6 Å². The molecule has 0 radical (unpaired) electrons. The SMILES string of the molecule is CN(CC(F)(F)F)C(=O)CNC(=O)NC(C)(C)c1cccc(F)c1. The first kappa shape index (κ1) is 19.7. The van der Waals surface area contributed by atoms with Crippen LogP contribution < -0.4 is 10.6 Å². The molecule has 0 bridgehead atoms. The lowest BCUT2D eigenvalue weighted by atomic mass is 9.94. The van der Waals surface area contributed by atoms with Gasteiger partial charge in [-0.05, 0) is 31.5 Å². The second-order valence-electron chi connectivity index (χ2n) is 5.81. The second kappa shape index (κ2) is 7.50. The Morgan fingerprint density at radius 2 is 1.83 bits per heavy atom. The average molecular weight is 349 g/mol. The molecule has 0 aromatic heterocycles. The van der Waals surface area contributed by atoms with Gasteiger partial charge in [0.15, 0.2) is 0 Å². The first-order chi connectivity index (χ1) is 10.9. The molecular formula is C15H19F4N3O2. The third-order valence-electron chi connectivity index (χ3n) is 3.21. The predicted octanol–water partition coefficient (Wildman–Crippen LogP) is 2.38. The predicted molar refractivity (Wildman–Crippen MR) is 79.7 cm³/mol. The van der Waals surface area contributed by atoms with Crippen molar-refractivity contribution in [3.05, 3.63) is 35.6 Å². The fourth-order valence-corrected chi connectivity index (χ4v) is 1.93. The van der Waals surface area contributed by atoms with Crippen molar-refractivity contribution in [3.63, 3.8) is 0 Å². The standard InChI is InChI=1S/C15H19F4N3O2/c1-14(2,10-5-4-6-11(16)7-10)21-13(24)20-8-12(23)22(3)9-15(17,18)19/h4-7H,8-9H2,1-3H3,(H2,20,21,24). The summed E-state index contributed by atoms with van der Waals surface area (Å²) in [5.41, 5.74) is -0.439. The number of halogens is 4. The van der Waals surface area contributed by atoms with Crippen LogP contribution in [0.3, 0.4) is 0 Å². The maximum Gasteiger partial charge on any atom is 0.406 e. The van der Waals surface area contributed by atoms with Gasteiger partial charge in [-0.2, -0.15) is 13.2 Å². The van der Waals surface area contributed by atoms with Crippen LogP contribution in [-0.4, -0.2) is 43.2 Å². The van der Waals surface area contributed by atoms with Gasteiger partial charge in [0.05, 0.1) is 12.1 Å². The van der Waals surface area contributed by atoms with Gasteiger partial charge in [-0.15, -0.1) is 0 Å². The molecule has 0 atom stereocenters. The quantitative estimate of drug-likeness (QED) is 0.802. The molecule has 5 nitrogen and oxygen atoms in total. The number of nitrogens with zero attached hydrogens (tertiary/aromatic N) is 1. The Morgan fingerprint density at radius 3 is 2.38 bits per heavy atom. The fourth-order valence-electron chi connectivity index (χ4n) is 1.93. The summed E-state index contributed by atoms with van der Waals surface area (Å²) < 4.78 is 49.8. The Labute approximate surface area is 137 Å². The number of hydrogen-bond donors (Lipinski definition) is 2. The molecular weight excluding hydrogens is 330 g/mol. The Kier molecular flexibility index (Phi) is 6.16. The number of likely N-dealkylation sites (N-methyl/N-ethyl adjacent to an activating group) is 1. The molecule has 0 unspecified atom stereocenters. The van der Waals surface area contributed by atoms with E-state index < -0.39 is 42.6 Å². The van der Waals surface area contributed by atoms with Gasteiger partial charge in [0.1, 0.15) is 12.4 Å². The van der Waals surface area contributed by atoms with E-state index >= 15 is 0 Å². The number of urea groups is 1. The zero-order valence-electron chi connectivity index (χ0n) is 13.5. The largest absolute Gasteiger partial charge is 0.406 e. The molecule has 134 valence electrons. The van der Waals surface area contributed by atoms with Gasteiger partial charge in [0.25, 0.3) is 0 Å². The van der Waals surface area contributed by atoms with E-state index in [9.17, 15) is 27.2 Å². The summed E-state index contributed by atoms with van der Waals surface area (Å²) in [6.45, 7) is 1.26. The first-order valence-electron chi connectivity index (χ1n) is 7.03. The van der Waals surface area contributed by atoms with Gasteiger partial charge in [-0.3, -0.25) is 4.79 Å². The molecule has 0 aliphatic carbocycles. The van der Waals surface area contributed by atoms with Crippen LogP contribution >= 0.6 is 0 Å². The van der Waals surface area contributed by atoms with Gasteiger partial charge in [0.2, 0.25) is 5.91 Å². The number of amides is 3. The lowest BCUT2D eigenvalue weighted by molar-refractivity contribution is -0.157. The zero-order valence-corrected chi connectivity index (χ0v) is 13.5. The third kappa shape index (κ3) is 6.43. The lowest BCUT2D eigenvalue weighted by Crippen LogP contribution is -2.49. The number of carbonyl (C=O) groups is 2. The van der Waals surface area contributed by atoms with Crippen LogP contribution in [0.1, 0.15) is 19.4 Å². The minimum absolute atomic E-state index is 0.466. The summed E-state index contributed by atoms with van der Waals surface area (Å²) >= 11 is 0. The molecule has 0 saturated carbocycles. The highest BCUT2D eigenvalue weighted by molar-refractivity contribution is 5.84. The van der Waals surface area contributed by atoms with Crippen LogP contribution in [0.25, 0.3) is 0 Å². The van der Waals surface area contributed by atoms with Crippen molar-refractivity contribution < 1.29 is 27.2 Å². The minimum atomic E-state index is -4.51. The number of benzene rings is 1. The van der Waals surface area contributed by atoms with Gasteiger partial charge in [0, 0.05) is 7.05 Å². The highest BCUT2D eigenvalue weighted by Crippen LogP contribution is 2.20. The van der Waals surface area contributed by atoms with Crippen molar-refractivity contribution in [1.82, 2.24) is 15.5 Å². The summed E-state index contributed by atoms with van der Waals surface area (Å²) in [5.74, 6) is -1.35. The van der Waals surface area contributed by atoms with Crippen LogP contribution in [0.4, 0.5) is 22.4 Å². The second-order valence-corrected chi connectivity index (χ2v) is 5.81.